The normalized spacial score (nSPS) is 20.7. The molecule has 3 aliphatic rings. The molecule has 2 saturated heterocycles. The predicted molar refractivity (Wildman–Crippen MR) is 128 cm³/mol. The second kappa shape index (κ2) is 8.71. The van der Waals surface area contributed by atoms with Gasteiger partial charge in [-0.25, -0.2) is 15.4 Å². The quantitative estimate of drug-likeness (QED) is 0.528. The monoisotopic (exact) mass is 461 g/mol. The number of imidazole rings is 1. The molecule has 0 spiro atoms. The van der Waals surface area contributed by atoms with Gasteiger partial charge in [-0.15, -0.1) is 0 Å². The van der Waals surface area contributed by atoms with E-state index in [2.05, 4.69) is 62.9 Å². The van der Waals surface area contributed by atoms with Gasteiger partial charge in [-0.3, -0.25) is 9.80 Å². The summed E-state index contributed by atoms with van der Waals surface area (Å²) in [5, 5.41) is 4.85. The lowest BCUT2D eigenvalue weighted by Crippen LogP contribution is -2.48. The van der Waals surface area contributed by atoms with Gasteiger partial charge in [-0.1, -0.05) is 29.8 Å². The molecule has 3 N–H and O–H groups in total. The van der Waals surface area contributed by atoms with E-state index in [1.54, 1.807) is 0 Å². The lowest BCUT2D eigenvalue weighted by Gasteiger charge is -2.30. The van der Waals surface area contributed by atoms with Crippen LogP contribution in [0.25, 0.3) is 11.2 Å². The van der Waals surface area contributed by atoms with Gasteiger partial charge in [0.15, 0.2) is 17.3 Å². The van der Waals surface area contributed by atoms with Gasteiger partial charge in [0.25, 0.3) is 5.91 Å². The Morgan fingerprint density at radius 1 is 1.15 bits per heavy atom. The summed E-state index contributed by atoms with van der Waals surface area (Å²) in [6, 6.07) is 10.6. The average Bonchev–Trinajstić information content (AvgIpc) is 3.49. The molecule has 3 aliphatic heterocycles. The standard InChI is InChI=1S/C24H27N7O3/c1-15-3-2-4-16(11-15)18-5-6-31(29-18)20-12-19(30-7-9-33-10-8-30)21-22(26-20)28-23(27-21)24(32)25-17-13-34-14-17/h2-6,11-12,17-18,29H,7-10,13-14H2,1H3,(H,25,32)(H,26,27,28). The number of nitrogens with one attached hydrogen (secondary N) is 3. The summed E-state index contributed by atoms with van der Waals surface area (Å²) in [4.78, 5) is 27.5. The molecule has 3 aromatic rings. The number of fused-ring (bicyclic) bond motifs is 1. The predicted octanol–water partition coefficient (Wildman–Crippen LogP) is 1.81. The molecule has 6 rings (SSSR count). The molecule has 1 unspecified atom stereocenters. The Bertz CT molecular complexity index is 1250. The number of nitrogens with zero attached hydrogens (tertiary/aromatic N) is 4. The van der Waals surface area contributed by atoms with E-state index in [1.807, 2.05) is 17.3 Å². The van der Waals surface area contributed by atoms with Crippen molar-refractivity contribution in [3.63, 3.8) is 0 Å². The fourth-order valence-electron chi connectivity index (χ4n) is 4.42. The number of aromatic amines is 1. The van der Waals surface area contributed by atoms with Crippen LogP contribution < -0.4 is 20.7 Å². The third-order valence-electron chi connectivity index (χ3n) is 6.32. The van der Waals surface area contributed by atoms with Gasteiger partial charge in [0.1, 0.15) is 5.52 Å². The Morgan fingerprint density at radius 2 is 2.00 bits per heavy atom. The number of benzene rings is 1. The molecule has 5 heterocycles. The highest BCUT2D eigenvalue weighted by Crippen LogP contribution is 2.31. The number of rotatable bonds is 5. The first-order valence-electron chi connectivity index (χ1n) is 11.6. The van der Waals surface area contributed by atoms with Gasteiger partial charge in [0.2, 0.25) is 0 Å². The molecule has 0 radical (unpaired) electrons. The summed E-state index contributed by atoms with van der Waals surface area (Å²) in [5.41, 5.74) is 8.11. The van der Waals surface area contributed by atoms with Crippen LogP contribution in [0.3, 0.4) is 0 Å². The van der Waals surface area contributed by atoms with E-state index >= 15 is 0 Å². The van der Waals surface area contributed by atoms with E-state index in [4.69, 9.17) is 14.5 Å². The van der Waals surface area contributed by atoms with Crippen LogP contribution in [0.5, 0.6) is 0 Å². The number of aryl methyl sites for hydroxylation is 1. The van der Waals surface area contributed by atoms with E-state index in [-0.39, 0.29) is 23.8 Å². The van der Waals surface area contributed by atoms with Crippen molar-refractivity contribution in [2.75, 3.05) is 49.4 Å². The summed E-state index contributed by atoms with van der Waals surface area (Å²) >= 11 is 0. The summed E-state index contributed by atoms with van der Waals surface area (Å²) in [6.45, 7) is 5.97. The van der Waals surface area contributed by atoms with Crippen molar-refractivity contribution in [1.29, 1.82) is 0 Å². The Balaban J connectivity index is 1.33. The Labute approximate surface area is 196 Å². The molecule has 0 saturated carbocycles. The van der Waals surface area contributed by atoms with Crippen molar-refractivity contribution < 1.29 is 14.3 Å². The molecule has 0 aliphatic carbocycles. The topological polar surface area (TPSA) is 108 Å². The summed E-state index contributed by atoms with van der Waals surface area (Å²) < 4.78 is 10.7. The van der Waals surface area contributed by atoms with Crippen molar-refractivity contribution in [1.82, 2.24) is 25.7 Å². The lowest BCUT2D eigenvalue weighted by atomic mass is 10.1. The number of carbonyl (C=O) groups excluding carboxylic acids is 1. The van der Waals surface area contributed by atoms with E-state index in [9.17, 15) is 4.79 Å². The first-order valence-corrected chi connectivity index (χ1v) is 11.6. The third kappa shape index (κ3) is 4.00. The number of morpholine rings is 1. The molecule has 176 valence electrons. The minimum atomic E-state index is -0.250. The molecule has 1 amide bonds. The maximum atomic E-state index is 12.7. The molecule has 2 aromatic heterocycles. The lowest BCUT2D eigenvalue weighted by molar-refractivity contribution is -0.00362. The van der Waals surface area contributed by atoms with Gasteiger partial charge < -0.3 is 24.7 Å². The molecule has 10 heteroatoms. The van der Waals surface area contributed by atoms with Crippen LogP contribution >= 0.6 is 0 Å². The fourth-order valence-corrected chi connectivity index (χ4v) is 4.42. The van der Waals surface area contributed by atoms with Crippen molar-refractivity contribution >= 4 is 28.6 Å². The molecular weight excluding hydrogens is 434 g/mol. The smallest absolute Gasteiger partial charge is 0.287 e. The van der Waals surface area contributed by atoms with E-state index in [1.165, 1.54) is 11.1 Å². The second-order valence-corrected chi connectivity index (χ2v) is 8.82. The highest BCUT2D eigenvalue weighted by atomic mass is 16.5. The first kappa shape index (κ1) is 21.1. The molecule has 0 bridgehead atoms. The number of amides is 1. The molecule has 34 heavy (non-hydrogen) atoms. The van der Waals surface area contributed by atoms with Gasteiger partial charge in [-0.2, -0.15) is 0 Å². The van der Waals surface area contributed by atoms with Gasteiger partial charge >= 0.3 is 0 Å². The maximum absolute atomic E-state index is 12.7. The minimum absolute atomic E-state index is 0.0282. The summed E-state index contributed by atoms with van der Waals surface area (Å²) in [5.74, 6) is 0.717. The number of H-pyrrole nitrogens is 1. The number of hydrazine groups is 1. The van der Waals surface area contributed by atoms with Crippen LogP contribution in [0.15, 0.2) is 42.6 Å². The number of carbonyl (C=O) groups is 1. The van der Waals surface area contributed by atoms with Crippen LogP contribution in [0.4, 0.5) is 11.5 Å². The van der Waals surface area contributed by atoms with Gasteiger partial charge in [-0.05, 0) is 18.6 Å². The number of anilines is 2. The molecule has 1 aromatic carbocycles. The SMILES string of the molecule is Cc1cccc(C2C=CN(c3cc(N4CCOCC4)c4[nH]c(C(=O)NC5COC5)nc4n3)N2)c1. The average molecular weight is 462 g/mol. The van der Waals surface area contributed by atoms with Crippen LogP contribution in [0, 0.1) is 6.92 Å². The van der Waals surface area contributed by atoms with E-state index in [0.29, 0.717) is 37.9 Å². The zero-order chi connectivity index (χ0) is 23.1. The Morgan fingerprint density at radius 3 is 2.76 bits per heavy atom. The van der Waals surface area contributed by atoms with Gasteiger partial charge in [0, 0.05) is 25.4 Å². The number of aromatic nitrogens is 3. The zero-order valence-corrected chi connectivity index (χ0v) is 19.0. The minimum Gasteiger partial charge on any atom is -0.378 e. The molecule has 10 nitrogen and oxygen atoms in total. The van der Waals surface area contributed by atoms with E-state index in [0.717, 1.165) is 24.3 Å². The number of hydrogen-bond acceptors (Lipinski definition) is 8. The number of hydrogen-bond donors (Lipinski definition) is 3. The van der Waals surface area contributed by atoms with Crippen LogP contribution in [0.1, 0.15) is 27.8 Å². The summed E-state index contributed by atoms with van der Waals surface area (Å²) in [6.07, 6.45) is 4.10. The van der Waals surface area contributed by atoms with Crippen molar-refractivity contribution in [3.8, 4) is 0 Å². The molecular formula is C24H27N7O3. The van der Waals surface area contributed by atoms with E-state index < -0.39 is 0 Å². The van der Waals surface area contributed by atoms with Gasteiger partial charge in [0.05, 0.1) is 44.2 Å². The fraction of sp³-hybridized carbons (Fsp3) is 0.375. The highest BCUT2D eigenvalue weighted by Gasteiger charge is 2.26. The number of ether oxygens (including phenoxy) is 2. The first-order chi connectivity index (χ1) is 16.6. The maximum Gasteiger partial charge on any atom is 0.287 e. The van der Waals surface area contributed by atoms with Crippen LogP contribution in [-0.2, 0) is 9.47 Å². The van der Waals surface area contributed by atoms with Crippen molar-refractivity contribution in [2.45, 2.75) is 19.0 Å². The largest absolute Gasteiger partial charge is 0.378 e. The van der Waals surface area contributed by atoms with Crippen LogP contribution in [0.2, 0.25) is 0 Å². The third-order valence-corrected chi connectivity index (χ3v) is 6.32. The Hall–Kier alpha value is -3.47. The second-order valence-electron chi connectivity index (χ2n) is 8.82. The summed E-state index contributed by atoms with van der Waals surface area (Å²) in [7, 11) is 0. The van der Waals surface area contributed by atoms with Crippen molar-refractivity contribution in [2.24, 2.45) is 0 Å². The van der Waals surface area contributed by atoms with Crippen molar-refractivity contribution in [3.05, 3.63) is 59.6 Å². The van der Waals surface area contributed by atoms with Crippen LogP contribution in [-0.4, -0.2) is 66.4 Å². The Kier molecular flexibility index (Phi) is 5.40. The molecule has 1 atom stereocenters. The molecule has 2 fully saturated rings. The number of pyridine rings is 1. The zero-order valence-electron chi connectivity index (χ0n) is 19.0. The highest BCUT2D eigenvalue weighted by molar-refractivity contribution is 5.97.